The molecule has 136 valence electrons. The van der Waals surface area contributed by atoms with Crippen molar-refractivity contribution in [2.75, 3.05) is 18.5 Å². The summed E-state index contributed by atoms with van der Waals surface area (Å²) in [5.74, 6) is 0.573. The quantitative estimate of drug-likeness (QED) is 0.587. The van der Waals surface area contributed by atoms with E-state index in [9.17, 15) is 9.59 Å². The van der Waals surface area contributed by atoms with Gasteiger partial charge in [-0.05, 0) is 53.2 Å². The highest BCUT2D eigenvalue weighted by Gasteiger charge is 2.18. The Labute approximate surface area is 158 Å². The number of anilines is 1. The maximum Gasteiger partial charge on any atom is 0.331 e. The minimum absolute atomic E-state index is 0.454. The Bertz CT molecular complexity index is 844. The first-order valence-electron chi connectivity index (χ1n) is 7.86. The zero-order valence-electron chi connectivity index (χ0n) is 13.9. The molecule has 2 heterocycles. The predicted octanol–water partition coefficient (Wildman–Crippen LogP) is 3.40. The molecule has 0 aliphatic carbocycles. The van der Waals surface area contributed by atoms with Crippen LogP contribution in [-0.4, -0.2) is 31.2 Å². The van der Waals surface area contributed by atoms with Gasteiger partial charge >= 0.3 is 5.97 Å². The maximum absolute atomic E-state index is 12.2. The summed E-state index contributed by atoms with van der Waals surface area (Å²) in [5, 5.41) is 2.67. The van der Waals surface area contributed by atoms with Crippen LogP contribution in [0.5, 0.6) is 11.5 Å². The second kappa shape index (κ2) is 8.09. The van der Waals surface area contributed by atoms with Gasteiger partial charge in [-0.25, -0.2) is 4.79 Å². The zero-order chi connectivity index (χ0) is 18.5. The van der Waals surface area contributed by atoms with Crippen LogP contribution in [0.25, 0.3) is 6.08 Å². The van der Waals surface area contributed by atoms with Crippen molar-refractivity contribution in [2.45, 2.75) is 13.0 Å². The van der Waals surface area contributed by atoms with E-state index in [1.807, 2.05) is 0 Å². The third-order valence-electron chi connectivity index (χ3n) is 3.45. The molecule has 2 aromatic rings. The number of carbonyl (C=O) groups excluding carboxylic acids is 2. The van der Waals surface area contributed by atoms with Crippen molar-refractivity contribution in [3.63, 3.8) is 0 Å². The highest BCUT2D eigenvalue weighted by Crippen LogP contribution is 2.32. The summed E-state index contributed by atoms with van der Waals surface area (Å²) < 4.78 is 21.7. The fourth-order valence-electron chi connectivity index (χ4n) is 2.20. The van der Waals surface area contributed by atoms with Crippen LogP contribution >= 0.6 is 15.9 Å². The van der Waals surface area contributed by atoms with Crippen molar-refractivity contribution in [3.8, 4) is 11.5 Å². The third kappa shape index (κ3) is 4.66. The summed E-state index contributed by atoms with van der Waals surface area (Å²) in [4.78, 5) is 24.0. The van der Waals surface area contributed by atoms with E-state index < -0.39 is 18.0 Å². The molecule has 3 rings (SSSR count). The first kappa shape index (κ1) is 18.1. The van der Waals surface area contributed by atoms with Crippen molar-refractivity contribution < 1.29 is 28.2 Å². The molecule has 26 heavy (non-hydrogen) atoms. The molecule has 1 amide bonds. The van der Waals surface area contributed by atoms with E-state index >= 15 is 0 Å². The van der Waals surface area contributed by atoms with Crippen molar-refractivity contribution >= 4 is 39.6 Å². The minimum atomic E-state index is -0.969. The SMILES string of the molecule is C[C@@H](OC(=O)/C=C/c1ccc(Br)o1)C(=O)Nc1ccc2c(c1)OCCO2. The second-order valence-corrected chi connectivity index (χ2v) is 6.18. The standard InChI is InChI=1S/C18H16BrNO6/c1-11(25-17(21)7-4-13-3-6-16(19)26-13)18(22)20-12-2-5-14-15(10-12)24-9-8-23-14/h2-7,10-11H,8-9H2,1H3,(H,20,22)/b7-4+/t11-/m1/s1. The van der Waals surface area contributed by atoms with E-state index in [-0.39, 0.29) is 0 Å². The van der Waals surface area contributed by atoms with Crippen LogP contribution in [0.2, 0.25) is 0 Å². The molecule has 0 radical (unpaired) electrons. The molecule has 1 aromatic heterocycles. The monoisotopic (exact) mass is 421 g/mol. The van der Waals surface area contributed by atoms with Crippen LogP contribution in [0.15, 0.2) is 45.5 Å². The van der Waals surface area contributed by atoms with Gasteiger partial charge in [-0.3, -0.25) is 4.79 Å². The number of fused-ring (bicyclic) bond motifs is 1. The second-order valence-electron chi connectivity index (χ2n) is 5.40. The molecule has 0 unspecified atom stereocenters. The number of halogens is 1. The molecule has 8 heteroatoms. The van der Waals surface area contributed by atoms with Gasteiger partial charge in [0, 0.05) is 17.8 Å². The zero-order valence-corrected chi connectivity index (χ0v) is 15.4. The van der Waals surface area contributed by atoms with Gasteiger partial charge in [-0.15, -0.1) is 0 Å². The smallest absolute Gasteiger partial charge is 0.331 e. The highest BCUT2D eigenvalue weighted by molar-refractivity contribution is 9.10. The Morgan fingerprint density at radius 2 is 1.96 bits per heavy atom. The van der Waals surface area contributed by atoms with Gasteiger partial charge in [0.15, 0.2) is 22.3 Å². The van der Waals surface area contributed by atoms with Crippen LogP contribution < -0.4 is 14.8 Å². The molecule has 0 bridgehead atoms. The normalized spacial score (nSPS) is 14.1. The molecule has 7 nitrogen and oxygen atoms in total. The van der Waals surface area contributed by atoms with Crippen LogP contribution in [0.1, 0.15) is 12.7 Å². The lowest BCUT2D eigenvalue weighted by Gasteiger charge is -2.19. The fraction of sp³-hybridized carbons (Fsp3) is 0.222. The summed E-state index contributed by atoms with van der Waals surface area (Å²) in [6.07, 6.45) is 1.68. The molecule has 1 aliphatic heterocycles. The van der Waals surface area contributed by atoms with Crippen LogP contribution in [-0.2, 0) is 14.3 Å². The first-order chi connectivity index (χ1) is 12.5. The van der Waals surface area contributed by atoms with Gasteiger partial charge in [0.05, 0.1) is 0 Å². The van der Waals surface area contributed by atoms with E-state index in [1.165, 1.54) is 19.1 Å². The molecule has 1 atom stereocenters. The summed E-state index contributed by atoms with van der Waals surface area (Å²) in [6, 6.07) is 8.45. The van der Waals surface area contributed by atoms with E-state index in [0.29, 0.717) is 40.8 Å². The number of carbonyl (C=O) groups is 2. The number of hydrogen-bond acceptors (Lipinski definition) is 6. The number of amides is 1. The average molecular weight is 422 g/mol. The molecule has 1 aromatic carbocycles. The topological polar surface area (TPSA) is 87.0 Å². The molecular formula is C18H16BrNO6. The van der Waals surface area contributed by atoms with Crippen molar-refractivity contribution in [3.05, 3.63) is 46.8 Å². The van der Waals surface area contributed by atoms with Crippen LogP contribution in [0.4, 0.5) is 5.69 Å². The number of hydrogen-bond donors (Lipinski definition) is 1. The first-order valence-corrected chi connectivity index (χ1v) is 8.65. The minimum Gasteiger partial charge on any atom is -0.486 e. The summed E-state index contributed by atoms with van der Waals surface area (Å²) in [7, 11) is 0. The Morgan fingerprint density at radius 3 is 2.69 bits per heavy atom. The van der Waals surface area contributed by atoms with Gasteiger partial charge in [0.25, 0.3) is 5.91 Å². The number of esters is 1. The fourth-order valence-corrected chi connectivity index (χ4v) is 2.52. The van der Waals surface area contributed by atoms with E-state index in [2.05, 4.69) is 21.2 Å². The van der Waals surface area contributed by atoms with E-state index in [1.54, 1.807) is 30.3 Å². The van der Waals surface area contributed by atoms with Crippen molar-refractivity contribution in [1.29, 1.82) is 0 Å². The van der Waals surface area contributed by atoms with Gasteiger partial charge in [-0.2, -0.15) is 0 Å². The third-order valence-corrected chi connectivity index (χ3v) is 3.88. The molecule has 0 saturated heterocycles. The maximum atomic E-state index is 12.2. The average Bonchev–Trinajstić information content (AvgIpc) is 3.05. The number of ether oxygens (including phenoxy) is 3. The number of rotatable bonds is 5. The van der Waals surface area contributed by atoms with Crippen LogP contribution in [0.3, 0.4) is 0 Å². The Kier molecular flexibility index (Phi) is 5.62. The lowest BCUT2D eigenvalue weighted by Crippen LogP contribution is -2.29. The largest absolute Gasteiger partial charge is 0.486 e. The Morgan fingerprint density at radius 1 is 1.19 bits per heavy atom. The number of nitrogens with one attached hydrogen (secondary N) is 1. The number of benzene rings is 1. The van der Waals surface area contributed by atoms with Crippen LogP contribution in [0, 0.1) is 0 Å². The molecule has 0 fully saturated rings. The molecule has 1 aliphatic rings. The molecule has 0 spiro atoms. The molecule has 0 saturated carbocycles. The predicted molar refractivity (Wildman–Crippen MR) is 97.1 cm³/mol. The highest BCUT2D eigenvalue weighted by atomic mass is 79.9. The lowest BCUT2D eigenvalue weighted by molar-refractivity contribution is -0.148. The molecular weight excluding hydrogens is 406 g/mol. The van der Waals surface area contributed by atoms with Gasteiger partial charge in [-0.1, -0.05) is 0 Å². The summed E-state index contributed by atoms with van der Waals surface area (Å²) in [6.45, 7) is 2.44. The van der Waals surface area contributed by atoms with Crippen molar-refractivity contribution in [1.82, 2.24) is 0 Å². The van der Waals surface area contributed by atoms with Gasteiger partial charge in [0.2, 0.25) is 0 Å². The summed E-state index contributed by atoms with van der Waals surface area (Å²) >= 11 is 3.17. The Balaban J connectivity index is 1.54. The van der Waals surface area contributed by atoms with E-state index in [0.717, 1.165) is 0 Å². The lowest BCUT2D eigenvalue weighted by atomic mass is 10.2. The summed E-state index contributed by atoms with van der Waals surface area (Å²) in [5.41, 5.74) is 0.526. The van der Waals surface area contributed by atoms with Gasteiger partial charge in [0.1, 0.15) is 19.0 Å². The molecule has 1 N–H and O–H groups in total. The number of furan rings is 1. The van der Waals surface area contributed by atoms with Crippen molar-refractivity contribution in [2.24, 2.45) is 0 Å². The van der Waals surface area contributed by atoms with Gasteiger partial charge < -0.3 is 23.9 Å². The Hall–Kier alpha value is -2.74. The van der Waals surface area contributed by atoms with E-state index in [4.69, 9.17) is 18.6 Å².